The molecule has 17 heavy (non-hydrogen) atoms. The number of hydrogen-bond acceptors (Lipinski definition) is 3. The van der Waals surface area contributed by atoms with Crippen molar-refractivity contribution in [3.05, 3.63) is 29.8 Å². The van der Waals surface area contributed by atoms with Crippen LogP contribution in [0.5, 0.6) is 0 Å². The Labute approximate surface area is 100 Å². The number of esters is 1. The van der Waals surface area contributed by atoms with Gasteiger partial charge in [-0.15, -0.1) is 0 Å². The van der Waals surface area contributed by atoms with E-state index in [1.165, 1.54) is 6.92 Å². The Hall–Kier alpha value is -1.30. The topological polar surface area (TPSA) is 43.4 Å². The van der Waals surface area contributed by atoms with E-state index >= 15 is 0 Å². The van der Waals surface area contributed by atoms with Gasteiger partial charge in [0.25, 0.3) is 0 Å². The van der Waals surface area contributed by atoms with E-state index in [0.717, 1.165) is 12.1 Å². The van der Waals surface area contributed by atoms with Gasteiger partial charge < -0.3 is 4.74 Å². The summed E-state index contributed by atoms with van der Waals surface area (Å²) in [6.45, 7) is 3.15. The zero-order valence-corrected chi connectivity index (χ0v) is 10.2. The molecule has 0 bridgehead atoms. The fourth-order valence-corrected chi connectivity index (χ4v) is 2.25. The van der Waals surface area contributed by atoms with E-state index < -0.39 is 33.7 Å². The molecule has 0 aliphatic heterocycles. The Morgan fingerprint density at radius 1 is 1.47 bits per heavy atom. The second kappa shape index (κ2) is 5.86. The maximum atomic E-state index is 13.3. The van der Waals surface area contributed by atoms with Gasteiger partial charge in [0.05, 0.1) is 22.3 Å². The number of benzene rings is 1. The predicted molar refractivity (Wildman–Crippen MR) is 58.9 cm³/mol. The number of halogens is 2. The summed E-state index contributed by atoms with van der Waals surface area (Å²) >= 11 is 0. The van der Waals surface area contributed by atoms with E-state index in [1.807, 2.05) is 0 Å². The molecule has 0 aliphatic rings. The molecule has 1 aromatic rings. The molecule has 94 valence electrons. The molecule has 1 aromatic carbocycles. The second-order valence-electron chi connectivity index (χ2n) is 3.27. The minimum absolute atomic E-state index is 0.159. The lowest BCUT2D eigenvalue weighted by atomic mass is 10.3. The summed E-state index contributed by atoms with van der Waals surface area (Å²) in [5.74, 6) is -2.36. The third kappa shape index (κ3) is 3.33. The molecular weight excluding hydrogens is 250 g/mol. The van der Waals surface area contributed by atoms with Crippen LogP contribution in [0.4, 0.5) is 8.78 Å². The molecule has 2 atom stereocenters. The molecule has 2 unspecified atom stereocenters. The molecule has 0 amide bonds. The van der Waals surface area contributed by atoms with E-state index in [4.69, 9.17) is 0 Å². The summed E-state index contributed by atoms with van der Waals surface area (Å²) in [5, 5.41) is -0.991. The lowest BCUT2D eigenvalue weighted by molar-refractivity contribution is -0.142. The van der Waals surface area contributed by atoms with Crippen molar-refractivity contribution in [2.45, 2.75) is 24.0 Å². The highest BCUT2D eigenvalue weighted by Gasteiger charge is 2.24. The Morgan fingerprint density at radius 3 is 2.65 bits per heavy atom. The molecule has 0 radical (unpaired) electrons. The van der Waals surface area contributed by atoms with Crippen molar-refractivity contribution in [2.75, 3.05) is 6.61 Å². The molecule has 0 heterocycles. The Bertz CT molecular complexity index is 448. The minimum atomic E-state index is -1.90. The van der Waals surface area contributed by atoms with Crippen molar-refractivity contribution >= 4 is 16.8 Å². The lowest BCUT2D eigenvalue weighted by Gasteiger charge is -2.10. The lowest BCUT2D eigenvalue weighted by Crippen LogP contribution is -2.25. The quantitative estimate of drug-likeness (QED) is 0.780. The van der Waals surface area contributed by atoms with E-state index in [2.05, 4.69) is 4.74 Å². The van der Waals surface area contributed by atoms with Crippen LogP contribution in [0.15, 0.2) is 23.1 Å². The second-order valence-corrected chi connectivity index (χ2v) is 5.01. The summed E-state index contributed by atoms with van der Waals surface area (Å²) in [4.78, 5) is 11.1. The molecule has 1 rings (SSSR count). The van der Waals surface area contributed by atoms with Crippen LogP contribution < -0.4 is 0 Å². The summed E-state index contributed by atoms with van der Waals surface area (Å²) in [6, 6.07) is 2.69. The molecule has 0 N–H and O–H groups in total. The first-order chi connectivity index (χ1) is 7.97. The third-order valence-corrected chi connectivity index (χ3v) is 3.65. The molecule has 0 saturated carbocycles. The average Bonchev–Trinajstić information content (AvgIpc) is 2.27. The SMILES string of the molecule is CCOC(=O)C(C)S(=O)c1ccc(F)cc1F. The smallest absolute Gasteiger partial charge is 0.321 e. The van der Waals surface area contributed by atoms with E-state index in [-0.39, 0.29) is 11.5 Å². The Kier molecular flexibility index (Phi) is 4.74. The van der Waals surface area contributed by atoms with Crippen LogP contribution in [0.2, 0.25) is 0 Å². The van der Waals surface area contributed by atoms with Crippen molar-refractivity contribution < 1.29 is 22.5 Å². The van der Waals surface area contributed by atoms with E-state index in [9.17, 15) is 17.8 Å². The molecule has 3 nitrogen and oxygen atoms in total. The van der Waals surface area contributed by atoms with Crippen molar-refractivity contribution in [1.29, 1.82) is 0 Å². The largest absolute Gasteiger partial charge is 0.465 e. The van der Waals surface area contributed by atoms with Gasteiger partial charge in [0.1, 0.15) is 16.9 Å². The summed E-state index contributed by atoms with van der Waals surface area (Å²) < 4.78 is 42.5. The van der Waals surface area contributed by atoms with Crippen molar-refractivity contribution in [2.24, 2.45) is 0 Å². The maximum Gasteiger partial charge on any atom is 0.321 e. The van der Waals surface area contributed by atoms with Crippen molar-refractivity contribution in [3.63, 3.8) is 0 Å². The number of carbonyl (C=O) groups is 1. The summed E-state index contributed by atoms with van der Waals surface area (Å²) in [5.41, 5.74) is 0. The number of ether oxygens (including phenoxy) is 1. The van der Waals surface area contributed by atoms with Crippen LogP contribution in [0.25, 0.3) is 0 Å². The molecular formula is C11H12F2O3S. The van der Waals surface area contributed by atoms with Crippen LogP contribution >= 0.6 is 0 Å². The van der Waals surface area contributed by atoms with Gasteiger partial charge in [0.2, 0.25) is 0 Å². The van der Waals surface area contributed by atoms with E-state index in [1.54, 1.807) is 6.92 Å². The fourth-order valence-electron chi connectivity index (χ4n) is 1.18. The molecule has 0 saturated heterocycles. The van der Waals surface area contributed by atoms with Gasteiger partial charge in [-0.3, -0.25) is 9.00 Å². The average molecular weight is 262 g/mol. The van der Waals surface area contributed by atoms with Crippen molar-refractivity contribution in [1.82, 2.24) is 0 Å². The minimum Gasteiger partial charge on any atom is -0.465 e. The van der Waals surface area contributed by atoms with E-state index in [0.29, 0.717) is 6.07 Å². The fraction of sp³-hybridized carbons (Fsp3) is 0.364. The first-order valence-corrected chi connectivity index (χ1v) is 6.21. The number of hydrogen-bond donors (Lipinski definition) is 0. The van der Waals surface area contributed by atoms with Gasteiger partial charge in [-0.25, -0.2) is 8.78 Å². The highest BCUT2D eigenvalue weighted by Crippen LogP contribution is 2.17. The van der Waals surface area contributed by atoms with Gasteiger partial charge in [-0.05, 0) is 26.0 Å². The van der Waals surface area contributed by atoms with Crippen LogP contribution in [-0.4, -0.2) is 22.0 Å². The summed E-state index contributed by atoms with van der Waals surface area (Å²) in [7, 11) is -1.90. The Morgan fingerprint density at radius 2 is 2.12 bits per heavy atom. The Balaban J connectivity index is 2.92. The van der Waals surface area contributed by atoms with Gasteiger partial charge in [0, 0.05) is 6.07 Å². The zero-order chi connectivity index (χ0) is 13.0. The molecule has 6 heteroatoms. The normalized spacial score (nSPS) is 14.1. The van der Waals surface area contributed by atoms with Crippen LogP contribution in [-0.2, 0) is 20.3 Å². The highest BCUT2D eigenvalue weighted by molar-refractivity contribution is 7.86. The van der Waals surface area contributed by atoms with Crippen molar-refractivity contribution in [3.8, 4) is 0 Å². The summed E-state index contributed by atoms with van der Waals surface area (Å²) in [6.07, 6.45) is 0. The first kappa shape index (κ1) is 13.8. The van der Waals surface area contributed by atoms with Crippen LogP contribution in [0, 0.1) is 11.6 Å². The van der Waals surface area contributed by atoms with Gasteiger partial charge in [-0.2, -0.15) is 0 Å². The zero-order valence-electron chi connectivity index (χ0n) is 9.41. The molecule has 0 aromatic heterocycles. The maximum absolute atomic E-state index is 13.3. The molecule has 0 aliphatic carbocycles. The van der Waals surface area contributed by atoms with Gasteiger partial charge in [0.15, 0.2) is 0 Å². The van der Waals surface area contributed by atoms with Gasteiger partial charge >= 0.3 is 5.97 Å². The van der Waals surface area contributed by atoms with Crippen LogP contribution in [0.3, 0.4) is 0 Å². The molecule has 0 spiro atoms. The molecule has 0 fully saturated rings. The predicted octanol–water partition coefficient (Wildman–Crippen LogP) is 2.02. The number of rotatable bonds is 4. The standard InChI is InChI=1S/C11H12F2O3S/c1-3-16-11(14)7(2)17(15)10-5-4-8(12)6-9(10)13/h4-7H,3H2,1-2H3. The highest BCUT2D eigenvalue weighted by atomic mass is 32.2. The van der Waals surface area contributed by atoms with Crippen LogP contribution in [0.1, 0.15) is 13.8 Å². The number of carbonyl (C=O) groups excluding carboxylic acids is 1. The monoisotopic (exact) mass is 262 g/mol. The van der Waals surface area contributed by atoms with Gasteiger partial charge in [-0.1, -0.05) is 0 Å². The third-order valence-electron chi connectivity index (χ3n) is 2.05. The first-order valence-electron chi connectivity index (χ1n) is 4.99.